The first kappa shape index (κ1) is 43.8. The zero-order valence-corrected chi connectivity index (χ0v) is 33.7. The summed E-state index contributed by atoms with van der Waals surface area (Å²) >= 11 is 0. The number of nitrogens with zero attached hydrogens (tertiary/aromatic N) is 2. The van der Waals surface area contributed by atoms with Crippen LogP contribution in [0.4, 0.5) is 5.69 Å². The van der Waals surface area contributed by atoms with E-state index in [0.29, 0.717) is 43.5 Å². The molecular weight excluding hydrogens is 699 g/mol. The maximum atomic E-state index is 14.0. The fraction of sp³-hybridized carbons (Fsp3) is 0.511. The highest BCUT2D eigenvalue weighted by Crippen LogP contribution is 2.28. The summed E-state index contributed by atoms with van der Waals surface area (Å²) in [5, 5.41) is 11.3. The Bertz CT molecular complexity index is 1750. The number of rotatable bonds is 28. The molecule has 11 nitrogen and oxygen atoms in total. The maximum absolute atomic E-state index is 14.0. The molecule has 304 valence electrons. The van der Waals surface area contributed by atoms with Crippen molar-refractivity contribution in [2.45, 2.75) is 135 Å². The lowest BCUT2D eigenvalue weighted by Gasteiger charge is -2.21. The minimum Gasteiger partial charge on any atom is -0.385 e. The number of carbonyl (C=O) groups excluding carboxylic acids is 2. The molecule has 4 rings (SSSR count). The first-order valence-corrected chi connectivity index (χ1v) is 21.1. The summed E-state index contributed by atoms with van der Waals surface area (Å²) in [5.41, 5.74) is 21.5. The standard InChI is InChI=1S/C45H67N9O2/c1-2-3-4-5-6-7-8-9-10-11-12-13-14-17-26-49-37-24-22-34(23-25-37)33-53-43(55)40(21-18-27-52-45(47)48)54-44(56)42-36(32-46)30-35(31-41-50-28-29-51-41)38-19-15-16-20-39(38)42/h15-16,19-20,22-25,28-30,40,49H,2-14,17-18,21,26-27,31-33,46H2,1H3,(H,50,51)(H,53,55)(H,54,56)(H4,47,48,52)/t40-/m0/s1. The Kier molecular flexibility index (Phi) is 19.8. The van der Waals surface area contributed by atoms with Crippen molar-refractivity contribution < 1.29 is 9.59 Å². The number of aliphatic imine (C=N–C) groups is 1. The van der Waals surface area contributed by atoms with Crippen LogP contribution in [0, 0.1) is 0 Å². The van der Waals surface area contributed by atoms with Crippen molar-refractivity contribution in [3.63, 3.8) is 0 Å². The van der Waals surface area contributed by atoms with Crippen LogP contribution in [0.25, 0.3) is 10.8 Å². The zero-order valence-electron chi connectivity index (χ0n) is 33.7. The monoisotopic (exact) mass is 766 g/mol. The van der Waals surface area contributed by atoms with Crippen LogP contribution in [0.2, 0.25) is 0 Å². The highest BCUT2D eigenvalue weighted by atomic mass is 16.2. The number of fused-ring (bicyclic) bond motifs is 1. The van der Waals surface area contributed by atoms with Crippen LogP contribution in [-0.2, 0) is 24.3 Å². The zero-order chi connectivity index (χ0) is 39.8. The number of imidazole rings is 1. The van der Waals surface area contributed by atoms with Gasteiger partial charge in [0.15, 0.2) is 5.96 Å². The van der Waals surface area contributed by atoms with E-state index < -0.39 is 6.04 Å². The average Bonchev–Trinajstić information content (AvgIpc) is 3.73. The normalized spacial score (nSPS) is 11.7. The fourth-order valence-corrected chi connectivity index (χ4v) is 7.27. The third-order valence-corrected chi connectivity index (χ3v) is 10.4. The predicted molar refractivity (Wildman–Crippen MR) is 231 cm³/mol. The van der Waals surface area contributed by atoms with Gasteiger partial charge < -0.3 is 38.1 Å². The van der Waals surface area contributed by atoms with Crippen LogP contribution in [0.15, 0.2) is 72.0 Å². The van der Waals surface area contributed by atoms with Crippen LogP contribution in [0.3, 0.4) is 0 Å². The summed E-state index contributed by atoms with van der Waals surface area (Å²) < 4.78 is 0. The molecule has 11 heteroatoms. The van der Waals surface area contributed by atoms with Gasteiger partial charge in [-0.2, -0.15) is 0 Å². The van der Waals surface area contributed by atoms with Crippen molar-refractivity contribution in [3.05, 3.63) is 95.1 Å². The molecule has 0 radical (unpaired) electrons. The second-order valence-electron chi connectivity index (χ2n) is 14.9. The van der Waals surface area contributed by atoms with Crippen LogP contribution < -0.4 is 33.2 Å². The number of amides is 2. The van der Waals surface area contributed by atoms with Crippen molar-refractivity contribution >= 4 is 34.2 Å². The summed E-state index contributed by atoms with van der Waals surface area (Å²) in [6, 6.07) is 17.0. The van der Waals surface area contributed by atoms with E-state index in [9.17, 15) is 9.59 Å². The van der Waals surface area contributed by atoms with E-state index in [1.54, 1.807) is 12.4 Å². The quantitative estimate of drug-likeness (QED) is 0.0173. The number of nitrogens with two attached hydrogens (primary N) is 3. The van der Waals surface area contributed by atoms with Crippen LogP contribution in [0.1, 0.15) is 143 Å². The van der Waals surface area contributed by atoms with Crippen molar-refractivity contribution in [1.82, 2.24) is 20.6 Å². The van der Waals surface area contributed by atoms with Crippen molar-refractivity contribution in [3.8, 4) is 0 Å². The summed E-state index contributed by atoms with van der Waals surface area (Å²) in [5.74, 6) is 0.165. The molecular formula is C45H67N9O2. The van der Waals surface area contributed by atoms with Gasteiger partial charge in [0.05, 0.1) is 5.56 Å². The van der Waals surface area contributed by atoms with Gasteiger partial charge in [-0.25, -0.2) is 4.98 Å². The highest BCUT2D eigenvalue weighted by Gasteiger charge is 2.24. The van der Waals surface area contributed by atoms with Gasteiger partial charge in [-0.15, -0.1) is 0 Å². The SMILES string of the molecule is CCCCCCCCCCCCCCCCNc1ccc(CNC(=O)[C@H](CCCN=C(N)N)NC(=O)c2c(CN)cc(Cc3ncc[nH]3)c3ccccc23)cc1. The highest BCUT2D eigenvalue weighted by molar-refractivity contribution is 6.10. The molecule has 3 aromatic carbocycles. The minimum absolute atomic E-state index is 0.0127. The first-order valence-electron chi connectivity index (χ1n) is 21.1. The van der Waals surface area contributed by atoms with E-state index in [1.165, 1.54) is 83.5 Å². The third-order valence-electron chi connectivity index (χ3n) is 10.4. The molecule has 0 bridgehead atoms. The Labute approximate surface area is 334 Å². The number of aromatic amines is 1. The Morgan fingerprint density at radius 3 is 2.05 bits per heavy atom. The third kappa shape index (κ3) is 15.3. The second kappa shape index (κ2) is 25.3. The Morgan fingerprint density at radius 1 is 0.804 bits per heavy atom. The molecule has 0 spiro atoms. The molecule has 10 N–H and O–H groups in total. The van der Waals surface area contributed by atoms with Gasteiger partial charge in [0.2, 0.25) is 5.91 Å². The number of nitrogens with one attached hydrogen (secondary N) is 4. The lowest BCUT2D eigenvalue weighted by molar-refractivity contribution is -0.123. The second-order valence-corrected chi connectivity index (χ2v) is 14.9. The number of aromatic nitrogens is 2. The molecule has 4 aromatic rings. The molecule has 0 fully saturated rings. The minimum atomic E-state index is -0.810. The van der Waals surface area contributed by atoms with Gasteiger partial charge in [-0.3, -0.25) is 14.6 Å². The first-order chi connectivity index (χ1) is 27.4. The number of carbonyl (C=O) groups is 2. The number of hydrogen-bond donors (Lipinski definition) is 7. The number of hydrogen-bond acceptors (Lipinski definition) is 6. The van der Waals surface area contributed by atoms with E-state index in [-0.39, 0.29) is 24.3 Å². The number of unbranched alkanes of at least 4 members (excludes halogenated alkanes) is 13. The van der Waals surface area contributed by atoms with E-state index in [4.69, 9.17) is 17.2 Å². The van der Waals surface area contributed by atoms with E-state index in [1.807, 2.05) is 42.5 Å². The summed E-state index contributed by atoms with van der Waals surface area (Å²) in [4.78, 5) is 39.3. The van der Waals surface area contributed by atoms with E-state index in [2.05, 4.69) is 50.0 Å². The lowest BCUT2D eigenvalue weighted by Crippen LogP contribution is -2.47. The topological polar surface area (TPSA) is 189 Å². The number of H-pyrrole nitrogens is 1. The molecule has 56 heavy (non-hydrogen) atoms. The maximum Gasteiger partial charge on any atom is 0.252 e. The summed E-state index contributed by atoms with van der Waals surface area (Å²) in [6.07, 6.45) is 23.9. The van der Waals surface area contributed by atoms with Gasteiger partial charge in [0, 0.05) is 50.7 Å². The molecule has 0 aliphatic rings. The molecule has 1 heterocycles. The smallest absolute Gasteiger partial charge is 0.252 e. The van der Waals surface area contributed by atoms with Crippen LogP contribution >= 0.6 is 0 Å². The lowest BCUT2D eigenvalue weighted by atomic mass is 9.92. The van der Waals surface area contributed by atoms with Gasteiger partial charge in [0.25, 0.3) is 5.91 Å². The molecule has 2 amide bonds. The number of benzene rings is 3. The molecule has 0 aliphatic heterocycles. The van der Waals surface area contributed by atoms with E-state index in [0.717, 1.165) is 46.4 Å². The fourth-order valence-electron chi connectivity index (χ4n) is 7.27. The average molecular weight is 766 g/mol. The van der Waals surface area contributed by atoms with Crippen molar-refractivity contribution in [1.29, 1.82) is 0 Å². The molecule has 1 atom stereocenters. The van der Waals surface area contributed by atoms with Crippen LogP contribution in [0.5, 0.6) is 0 Å². The van der Waals surface area contributed by atoms with Crippen molar-refractivity contribution in [2.24, 2.45) is 22.2 Å². The molecule has 1 aromatic heterocycles. The molecule has 0 unspecified atom stereocenters. The van der Waals surface area contributed by atoms with E-state index >= 15 is 0 Å². The summed E-state index contributed by atoms with van der Waals surface area (Å²) in [6.45, 7) is 4.05. The molecule has 0 aliphatic carbocycles. The van der Waals surface area contributed by atoms with Crippen LogP contribution in [-0.4, -0.2) is 46.9 Å². The Morgan fingerprint density at radius 2 is 1.45 bits per heavy atom. The Balaban J connectivity index is 1.25. The van der Waals surface area contributed by atoms with Crippen molar-refractivity contribution in [2.75, 3.05) is 18.4 Å². The summed E-state index contributed by atoms with van der Waals surface area (Å²) in [7, 11) is 0. The predicted octanol–water partition coefficient (Wildman–Crippen LogP) is 7.97. The number of guanidine groups is 1. The van der Waals surface area contributed by atoms with Gasteiger partial charge in [-0.05, 0) is 58.9 Å². The van der Waals surface area contributed by atoms with Gasteiger partial charge in [0.1, 0.15) is 11.9 Å². The van der Waals surface area contributed by atoms with Gasteiger partial charge in [-0.1, -0.05) is 133 Å². The number of anilines is 1. The molecule has 0 saturated carbocycles. The van der Waals surface area contributed by atoms with Gasteiger partial charge >= 0.3 is 0 Å². The molecule has 0 saturated heterocycles. The Hall–Kier alpha value is -4.90. The largest absolute Gasteiger partial charge is 0.385 e.